The molecule has 0 spiro atoms. The second-order valence-corrected chi connectivity index (χ2v) is 9.02. The van der Waals surface area contributed by atoms with E-state index in [1.54, 1.807) is 38.5 Å². The molecule has 8 nitrogen and oxygen atoms in total. The van der Waals surface area contributed by atoms with Gasteiger partial charge in [0, 0.05) is 12.2 Å². The summed E-state index contributed by atoms with van der Waals surface area (Å²) in [6.45, 7) is 2.92. The van der Waals surface area contributed by atoms with Crippen LogP contribution in [0.1, 0.15) is 18.9 Å². The standard InChI is InChI=1S/C29H31N3O5S/c1-4-37-23-13-11-21(12-14-23)30-27(33)19-24-28(34)32(22-8-6-5-7-9-22)29(38)31(24)17-16-20-10-15-25(35-2)26(18-20)36-3/h5-15,18,24H,4,16-17,19H2,1-3H3,(H,30,33)/t24-/m1/s1. The van der Waals surface area contributed by atoms with Crippen molar-refractivity contribution in [3.05, 3.63) is 78.4 Å². The summed E-state index contributed by atoms with van der Waals surface area (Å²) in [5.41, 5.74) is 2.30. The topological polar surface area (TPSA) is 80.3 Å². The number of anilines is 2. The number of carbonyl (C=O) groups excluding carboxylic acids is 2. The molecule has 1 aliphatic heterocycles. The first-order valence-electron chi connectivity index (χ1n) is 12.4. The number of nitrogens with zero attached hydrogens (tertiary/aromatic N) is 2. The first-order chi connectivity index (χ1) is 18.4. The van der Waals surface area contributed by atoms with E-state index in [9.17, 15) is 9.59 Å². The van der Waals surface area contributed by atoms with Crippen LogP contribution < -0.4 is 24.4 Å². The van der Waals surface area contributed by atoms with E-state index in [0.717, 1.165) is 11.3 Å². The number of amides is 2. The van der Waals surface area contributed by atoms with Gasteiger partial charge in [-0.3, -0.25) is 14.5 Å². The van der Waals surface area contributed by atoms with Gasteiger partial charge in [0.25, 0.3) is 5.91 Å². The minimum atomic E-state index is -0.731. The number of benzene rings is 3. The number of thiocarbonyl (C=S) groups is 1. The zero-order valence-corrected chi connectivity index (χ0v) is 22.5. The van der Waals surface area contributed by atoms with Crippen molar-refractivity contribution in [2.45, 2.75) is 25.8 Å². The highest BCUT2D eigenvalue weighted by Gasteiger charge is 2.43. The molecular formula is C29H31N3O5S. The molecule has 198 valence electrons. The quantitative estimate of drug-likeness (QED) is 0.359. The van der Waals surface area contributed by atoms with Crippen LogP contribution in [-0.4, -0.2) is 55.2 Å². The average Bonchev–Trinajstić information content (AvgIpc) is 3.16. The molecule has 1 N–H and O–H groups in total. The Kier molecular flexibility index (Phi) is 8.81. The minimum Gasteiger partial charge on any atom is -0.494 e. The Labute approximate surface area is 228 Å². The Hall–Kier alpha value is -4.11. The first-order valence-corrected chi connectivity index (χ1v) is 12.8. The number of hydrogen-bond donors (Lipinski definition) is 1. The van der Waals surface area contributed by atoms with Crippen LogP contribution in [-0.2, 0) is 16.0 Å². The van der Waals surface area contributed by atoms with Gasteiger partial charge in [0.2, 0.25) is 5.91 Å². The van der Waals surface area contributed by atoms with Crippen LogP contribution in [0.15, 0.2) is 72.8 Å². The van der Waals surface area contributed by atoms with Gasteiger partial charge in [-0.2, -0.15) is 0 Å². The number of hydrogen-bond acceptors (Lipinski definition) is 6. The SMILES string of the molecule is CCOc1ccc(NC(=O)C[C@@H]2C(=O)N(c3ccccc3)C(=S)N2CCc2ccc(OC)c(OC)c2)cc1. The highest BCUT2D eigenvalue weighted by molar-refractivity contribution is 7.80. The highest BCUT2D eigenvalue weighted by Crippen LogP contribution is 2.30. The van der Waals surface area contributed by atoms with Crippen molar-refractivity contribution in [2.75, 3.05) is 37.6 Å². The van der Waals surface area contributed by atoms with E-state index in [1.165, 1.54) is 4.90 Å². The molecule has 3 aromatic rings. The normalized spacial score (nSPS) is 15.0. The third kappa shape index (κ3) is 6.06. The van der Waals surface area contributed by atoms with Crippen LogP contribution in [0, 0.1) is 0 Å². The summed E-state index contributed by atoms with van der Waals surface area (Å²) in [6, 6.07) is 21.4. The Morgan fingerprint density at radius 2 is 1.68 bits per heavy atom. The summed E-state index contributed by atoms with van der Waals surface area (Å²) >= 11 is 5.76. The van der Waals surface area contributed by atoms with Gasteiger partial charge >= 0.3 is 0 Å². The van der Waals surface area contributed by atoms with E-state index in [4.69, 9.17) is 26.4 Å². The summed E-state index contributed by atoms with van der Waals surface area (Å²) < 4.78 is 16.2. The fourth-order valence-corrected chi connectivity index (χ4v) is 4.79. The van der Waals surface area contributed by atoms with E-state index in [-0.39, 0.29) is 18.2 Å². The predicted molar refractivity (Wildman–Crippen MR) is 151 cm³/mol. The predicted octanol–water partition coefficient (Wildman–Crippen LogP) is 4.68. The van der Waals surface area contributed by atoms with Gasteiger partial charge in [0.05, 0.1) is 32.9 Å². The molecule has 0 aliphatic carbocycles. The molecule has 0 saturated carbocycles. The Morgan fingerprint density at radius 3 is 2.34 bits per heavy atom. The molecule has 9 heteroatoms. The number of ether oxygens (including phenoxy) is 3. The molecule has 38 heavy (non-hydrogen) atoms. The zero-order chi connectivity index (χ0) is 27.1. The van der Waals surface area contributed by atoms with E-state index < -0.39 is 6.04 Å². The van der Waals surface area contributed by atoms with Gasteiger partial charge in [0.1, 0.15) is 11.8 Å². The van der Waals surface area contributed by atoms with Crippen molar-refractivity contribution in [3.8, 4) is 17.2 Å². The van der Waals surface area contributed by atoms with Gasteiger partial charge in [-0.1, -0.05) is 24.3 Å². The summed E-state index contributed by atoms with van der Waals surface area (Å²) in [4.78, 5) is 30.0. The van der Waals surface area contributed by atoms with Gasteiger partial charge in [-0.05, 0) is 79.7 Å². The lowest BCUT2D eigenvalue weighted by molar-refractivity contribution is -0.124. The Bertz CT molecular complexity index is 1280. The van der Waals surface area contributed by atoms with Crippen molar-refractivity contribution in [1.29, 1.82) is 0 Å². The van der Waals surface area contributed by atoms with Crippen LogP contribution >= 0.6 is 12.2 Å². The van der Waals surface area contributed by atoms with Crippen molar-refractivity contribution < 1.29 is 23.8 Å². The maximum absolute atomic E-state index is 13.6. The van der Waals surface area contributed by atoms with Crippen LogP contribution in [0.4, 0.5) is 11.4 Å². The second kappa shape index (κ2) is 12.4. The number of methoxy groups -OCH3 is 2. The third-order valence-corrected chi connectivity index (χ3v) is 6.67. The first kappa shape index (κ1) is 26.9. The largest absolute Gasteiger partial charge is 0.494 e. The number of rotatable bonds is 11. The maximum Gasteiger partial charge on any atom is 0.256 e. The number of nitrogens with one attached hydrogen (secondary N) is 1. The molecule has 1 aliphatic rings. The van der Waals surface area contributed by atoms with E-state index >= 15 is 0 Å². The molecule has 1 heterocycles. The fraction of sp³-hybridized carbons (Fsp3) is 0.276. The van der Waals surface area contributed by atoms with Crippen LogP contribution in [0.2, 0.25) is 0 Å². The molecule has 1 fully saturated rings. The average molecular weight is 534 g/mol. The summed E-state index contributed by atoms with van der Waals surface area (Å²) in [7, 11) is 3.18. The molecule has 0 aromatic heterocycles. The highest BCUT2D eigenvalue weighted by atomic mass is 32.1. The molecular weight excluding hydrogens is 502 g/mol. The second-order valence-electron chi connectivity index (χ2n) is 8.65. The molecule has 1 saturated heterocycles. The summed E-state index contributed by atoms with van der Waals surface area (Å²) in [5, 5.41) is 3.26. The smallest absolute Gasteiger partial charge is 0.256 e. The molecule has 0 unspecified atom stereocenters. The lowest BCUT2D eigenvalue weighted by Crippen LogP contribution is -2.39. The molecule has 0 radical (unpaired) electrons. The van der Waals surface area contributed by atoms with Gasteiger partial charge in [-0.15, -0.1) is 0 Å². The van der Waals surface area contributed by atoms with Gasteiger partial charge in [0.15, 0.2) is 16.6 Å². The summed E-state index contributed by atoms with van der Waals surface area (Å²) in [6.07, 6.45) is 0.550. The molecule has 3 aromatic carbocycles. The van der Waals surface area contributed by atoms with E-state index in [2.05, 4.69) is 5.32 Å². The Balaban J connectivity index is 1.52. The lowest BCUT2D eigenvalue weighted by Gasteiger charge is -2.24. The molecule has 1 atom stereocenters. The van der Waals surface area contributed by atoms with Crippen LogP contribution in [0.5, 0.6) is 17.2 Å². The van der Waals surface area contributed by atoms with Crippen molar-refractivity contribution >= 4 is 40.5 Å². The van der Waals surface area contributed by atoms with Crippen molar-refractivity contribution in [2.24, 2.45) is 0 Å². The molecule has 2 amide bonds. The zero-order valence-electron chi connectivity index (χ0n) is 21.7. The Morgan fingerprint density at radius 1 is 0.974 bits per heavy atom. The van der Waals surface area contributed by atoms with Gasteiger partial charge in [-0.25, -0.2) is 0 Å². The van der Waals surface area contributed by atoms with Gasteiger partial charge < -0.3 is 24.4 Å². The summed E-state index contributed by atoms with van der Waals surface area (Å²) in [5.74, 6) is 1.49. The lowest BCUT2D eigenvalue weighted by atomic mass is 10.1. The van der Waals surface area contributed by atoms with E-state index in [0.29, 0.717) is 47.6 Å². The fourth-order valence-electron chi connectivity index (χ4n) is 4.38. The monoisotopic (exact) mass is 533 g/mol. The van der Waals surface area contributed by atoms with Crippen molar-refractivity contribution in [1.82, 2.24) is 4.90 Å². The van der Waals surface area contributed by atoms with Crippen LogP contribution in [0.3, 0.4) is 0 Å². The molecule has 4 rings (SSSR count). The number of carbonyl (C=O) groups is 2. The minimum absolute atomic E-state index is 0.0402. The van der Waals surface area contributed by atoms with Crippen LogP contribution in [0.25, 0.3) is 0 Å². The maximum atomic E-state index is 13.6. The number of para-hydroxylation sites is 1. The molecule has 0 bridgehead atoms. The third-order valence-electron chi connectivity index (χ3n) is 6.25. The van der Waals surface area contributed by atoms with Crippen molar-refractivity contribution in [3.63, 3.8) is 0 Å². The van der Waals surface area contributed by atoms with E-state index in [1.807, 2.05) is 60.4 Å².